The smallest absolute Gasteiger partial charge is 0.416 e. The summed E-state index contributed by atoms with van der Waals surface area (Å²) in [5.74, 6) is -0.529. The SMILES string of the molecule is N=Cc1c(O)nc(SCc2cc(C(F)(F)F)cc(C(F)(F)F)c2)c2c1CCCC2. The van der Waals surface area contributed by atoms with Gasteiger partial charge in [0.25, 0.3) is 0 Å². The van der Waals surface area contributed by atoms with Crippen LogP contribution in [-0.2, 0) is 30.9 Å². The van der Waals surface area contributed by atoms with Crippen molar-refractivity contribution in [2.24, 2.45) is 0 Å². The largest absolute Gasteiger partial charge is 0.493 e. The monoisotopic (exact) mass is 434 g/mol. The third kappa shape index (κ3) is 4.68. The number of alkyl halides is 6. The zero-order valence-corrected chi connectivity index (χ0v) is 15.7. The maximum Gasteiger partial charge on any atom is 0.416 e. The first-order valence-electron chi connectivity index (χ1n) is 8.67. The molecular formula is C19H16F6N2OS. The number of aromatic hydroxyl groups is 1. The highest BCUT2D eigenvalue weighted by molar-refractivity contribution is 7.98. The Morgan fingerprint density at radius 3 is 2.03 bits per heavy atom. The second-order valence-corrected chi connectivity index (χ2v) is 7.63. The molecule has 3 rings (SSSR count). The molecule has 0 bridgehead atoms. The van der Waals surface area contributed by atoms with Crippen LogP contribution >= 0.6 is 11.8 Å². The number of aromatic nitrogens is 1. The topological polar surface area (TPSA) is 57.0 Å². The molecule has 1 aliphatic rings. The maximum atomic E-state index is 13.0. The Morgan fingerprint density at radius 1 is 0.966 bits per heavy atom. The number of pyridine rings is 1. The molecule has 0 fully saturated rings. The van der Waals surface area contributed by atoms with Crippen molar-refractivity contribution >= 4 is 18.0 Å². The molecule has 1 aliphatic carbocycles. The number of nitrogens with one attached hydrogen (secondary N) is 1. The molecule has 29 heavy (non-hydrogen) atoms. The lowest BCUT2D eigenvalue weighted by Crippen LogP contribution is -2.12. The predicted molar refractivity (Wildman–Crippen MR) is 96.4 cm³/mol. The summed E-state index contributed by atoms with van der Waals surface area (Å²) in [5, 5.41) is 17.9. The Morgan fingerprint density at radius 2 is 1.52 bits per heavy atom. The second kappa shape index (κ2) is 7.89. The number of rotatable bonds is 4. The minimum Gasteiger partial charge on any atom is -0.493 e. The van der Waals surface area contributed by atoms with Crippen LogP contribution in [0.3, 0.4) is 0 Å². The first-order valence-corrected chi connectivity index (χ1v) is 9.65. The van der Waals surface area contributed by atoms with E-state index in [1.165, 1.54) is 0 Å². The molecule has 2 aromatic rings. The molecule has 10 heteroatoms. The van der Waals surface area contributed by atoms with E-state index in [0.717, 1.165) is 41.9 Å². The van der Waals surface area contributed by atoms with E-state index in [0.29, 0.717) is 35.6 Å². The molecule has 0 amide bonds. The van der Waals surface area contributed by atoms with Crippen LogP contribution in [0.4, 0.5) is 26.3 Å². The summed E-state index contributed by atoms with van der Waals surface area (Å²) < 4.78 is 78.1. The van der Waals surface area contributed by atoms with E-state index in [2.05, 4.69) is 4.98 Å². The van der Waals surface area contributed by atoms with Crippen molar-refractivity contribution in [3.8, 4) is 5.88 Å². The molecule has 1 aromatic heterocycles. The van der Waals surface area contributed by atoms with E-state index in [-0.39, 0.29) is 23.3 Å². The number of hydrogen-bond acceptors (Lipinski definition) is 4. The molecule has 1 aromatic carbocycles. The second-order valence-electron chi connectivity index (χ2n) is 6.67. The van der Waals surface area contributed by atoms with E-state index < -0.39 is 23.5 Å². The Bertz CT molecular complexity index is 908. The number of halogens is 6. The van der Waals surface area contributed by atoms with E-state index in [1.807, 2.05) is 0 Å². The maximum absolute atomic E-state index is 13.0. The van der Waals surface area contributed by atoms with Crippen LogP contribution in [0.25, 0.3) is 0 Å². The summed E-state index contributed by atoms with van der Waals surface area (Å²) in [4.78, 5) is 4.04. The summed E-state index contributed by atoms with van der Waals surface area (Å²) in [7, 11) is 0. The van der Waals surface area contributed by atoms with Crippen molar-refractivity contribution in [2.75, 3.05) is 0 Å². The summed E-state index contributed by atoms with van der Waals surface area (Å²) in [5.41, 5.74) is -0.997. The number of nitrogens with zero attached hydrogens (tertiary/aromatic N) is 1. The molecule has 0 radical (unpaired) electrons. The molecule has 0 aliphatic heterocycles. The Balaban J connectivity index is 1.96. The fourth-order valence-corrected chi connectivity index (χ4v) is 4.34. The quantitative estimate of drug-likeness (QED) is 0.353. The molecule has 0 saturated carbocycles. The van der Waals surface area contributed by atoms with Crippen LogP contribution in [0.15, 0.2) is 23.2 Å². The molecule has 0 saturated heterocycles. The van der Waals surface area contributed by atoms with Crippen molar-refractivity contribution in [1.82, 2.24) is 4.98 Å². The summed E-state index contributed by atoms with van der Waals surface area (Å²) in [6, 6.07) is 1.49. The van der Waals surface area contributed by atoms with Gasteiger partial charge in [-0.1, -0.05) is 0 Å². The van der Waals surface area contributed by atoms with Crippen molar-refractivity contribution in [1.29, 1.82) is 5.41 Å². The van der Waals surface area contributed by atoms with Crippen LogP contribution in [0.5, 0.6) is 5.88 Å². The van der Waals surface area contributed by atoms with Gasteiger partial charge in [-0.2, -0.15) is 26.3 Å². The van der Waals surface area contributed by atoms with Gasteiger partial charge in [-0.25, -0.2) is 4.98 Å². The highest BCUT2D eigenvalue weighted by Crippen LogP contribution is 2.39. The molecule has 0 atom stereocenters. The van der Waals surface area contributed by atoms with Gasteiger partial charge in [0, 0.05) is 12.0 Å². The van der Waals surface area contributed by atoms with Gasteiger partial charge in [0.15, 0.2) is 0 Å². The fourth-order valence-electron chi connectivity index (χ4n) is 3.32. The predicted octanol–water partition coefficient (Wildman–Crippen LogP) is 5.99. The number of fused-ring (bicyclic) bond motifs is 1. The molecule has 1 heterocycles. The minimum atomic E-state index is -4.90. The highest BCUT2D eigenvalue weighted by Gasteiger charge is 2.37. The Hall–Kier alpha value is -2.23. The minimum absolute atomic E-state index is 0.0962. The zero-order valence-electron chi connectivity index (χ0n) is 14.9. The lowest BCUT2D eigenvalue weighted by Gasteiger charge is -2.21. The van der Waals surface area contributed by atoms with Crippen LogP contribution in [0.1, 0.15) is 46.2 Å². The van der Waals surface area contributed by atoms with Crippen LogP contribution < -0.4 is 0 Å². The molecule has 3 nitrogen and oxygen atoms in total. The third-order valence-corrected chi connectivity index (χ3v) is 5.76. The number of thioether (sulfide) groups is 1. The first kappa shape index (κ1) is 21.5. The fraction of sp³-hybridized carbons (Fsp3) is 0.368. The standard InChI is InChI=1S/C19H16F6N2OS/c20-18(21,22)11-5-10(6-12(7-11)19(23,24)25)9-29-17-14-4-2-1-3-13(14)15(8-26)16(28)27-17/h5-8,26H,1-4,9H2,(H,27,28). The normalized spacial score (nSPS) is 14.6. The summed E-state index contributed by atoms with van der Waals surface area (Å²) in [6.07, 6.45) is -5.82. The average Bonchev–Trinajstić information content (AvgIpc) is 2.64. The lowest BCUT2D eigenvalue weighted by molar-refractivity contribution is -0.143. The van der Waals surface area contributed by atoms with Gasteiger partial charge < -0.3 is 10.5 Å². The van der Waals surface area contributed by atoms with Gasteiger partial charge in [0.2, 0.25) is 5.88 Å². The van der Waals surface area contributed by atoms with E-state index in [4.69, 9.17) is 5.41 Å². The van der Waals surface area contributed by atoms with Gasteiger partial charge >= 0.3 is 12.4 Å². The van der Waals surface area contributed by atoms with Gasteiger partial charge in [-0.3, -0.25) is 0 Å². The van der Waals surface area contributed by atoms with Crippen LogP contribution in [0.2, 0.25) is 0 Å². The van der Waals surface area contributed by atoms with Crippen LogP contribution in [-0.4, -0.2) is 16.3 Å². The van der Waals surface area contributed by atoms with Gasteiger partial charge in [-0.05, 0) is 60.6 Å². The van der Waals surface area contributed by atoms with E-state index in [9.17, 15) is 31.4 Å². The van der Waals surface area contributed by atoms with Crippen molar-refractivity contribution in [3.05, 3.63) is 51.6 Å². The van der Waals surface area contributed by atoms with Gasteiger partial charge in [0.05, 0.1) is 16.7 Å². The number of hydrogen-bond donors (Lipinski definition) is 2. The molecule has 2 N–H and O–H groups in total. The van der Waals surface area contributed by atoms with Crippen LogP contribution in [0, 0.1) is 5.41 Å². The van der Waals surface area contributed by atoms with Crippen molar-refractivity contribution in [2.45, 2.75) is 48.8 Å². The lowest BCUT2D eigenvalue weighted by atomic mass is 9.90. The van der Waals surface area contributed by atoms with Gasteiger partial charge in [-0.15, -0.1) is 11.8 Å². The number of benzene rings is 1. The molecule has 0 unspecified atom stereocenters. The molecule has 0 spiro atoms. The first-order chi connectivity index (χ1) is 13.5. The molecule has 156 valence electrons. The average molecular weight is 434 g/mol. The van der Waals surface area contributed by atoms with Crippen molar-refractivity contribution in [3.63, 3.8) is 0 Å². The Kier molecular flexibility index (Phi) is 5.84. The van der Waals surface area contributed by atoms with Crippen molar-refractivity contribution < 1.29 is 31.4 Å². The zero-order chi connectivity index (χ0) is 21.4. The Labute approximate surface area is 166 Å². The van der Waals surface area contributed by atoms with E-state index in [1.54, 1.807) is 0 Å². The summed E-state index contributed by atoms with van der Waals surface area (Å²) >= 11 is 0.979. The van der Waals surface area contributed by atoms with E-state index >= 15 is 0 Å². The molecular weight excluding hydrogens is 418 g/mol. The highest BCUT2D eigenvalue weighted by atomic mass is 32.2. The van der Waals surface area contributed by atoms with Gasteiger partial charge in [0.1, 0.15) is 5.03 Å². The third-order valence-electron chi connectivity index (χ3n) is 4.67. The summed E-state index contributed by atoms with van der Waals surface area (Å²) in [6.45, 7) is 0.